The maximum Gasteiger partial charge on any atom is 0.133 e. The molecule has 1 aliphatic heterocycles. The minimum atomic E-state index is 0.434. The summed E-state index contributed by atoms with van der Waals surface area (Å²) in [5, 5.41) is 0. The van der Waals surface area contributed by atoms with E-state index in [1.807, 2.05) is 0 Å². The van der Waals surface area contributed by atoms with Crippen LogP contribution in [0, 0.1) is 0 Å². The van der Waals surface area contributed by atoms with Gasteiger partial charge in [0.25, 0.3) is 0 Å². The van der Waals surface area contributed by atoms with Gasteiger partial charge in [-0.1, -0.05) is 18.6 Å². The van der Waals surface area contributed by atoms with E-state index in [2.05, 4.69) is 18.2 Å². The Kier molecular flexibility index (Phi) is 2.87. The monoisotopic (exact) mass is 230 g/mol. The second-order valence-electron chi connectivity index (χ2n) is 5.15. The smallest absolute Gasteiger partial charge is 0.133 e. The van der Waals surface area contributed by atoms with Crippen LogP contribution in [-0.4, -0.2) is 12.4 Å². The van der Waals surface area contributed by atoms with Crippen molar-refractivity contribution in [2.24, 2.45) is 0 Å². The van der Waals surface area contributed by atoms with E-state index < -0.39 is 0 Å². The molecule has 17 heavy (non-hydrogen) atoms. The molecule has 0 amide bonds. The van der Waals surface area contributed by atoms with Gasteiger partial charge in [0.05, 0.1) is 6.61 Å². The first-order chi connectivity index (χ1) is 8.33. The zero-order chi connectivity index (χ0) is 11.7. The van der Waals surface area contributed by atoms with Crippen molar-refractivity contribution in [2.75, 3.05) is 6.61 Å². The van der Waals surface area contributed by atoms with E-state index in [-0.39, 0.29) is 0 Å². The van der Waals surface area contributed by atoms with Crippen LogP contribution in [-0.2, 0) is 11.2 Å². The first kappa shape index (κ1) is 10.8. The fourth-order valence-electron chi connectivity index (χ4n) is 2.94. The highest BCUT2D eigenvalue weighted by atomic mass is 16.5. The summed E-state index contributed by atoms with van der Waals surface area (Å²) in [7, 11) is 0. The minimum absolute atomic E-state index is 0.434. The zero-order valence-corrected chi connectivity index (χ0v) is 10.1. The standard InChI is InChI=1S/C15H18O2/c16-14-4-2-1-3-11(10-14)12-5-6-15-13(9-12)7-8-17-15/h5-6,9,11H,1-4,7-8,10H2. The van der Waals surface area contributed by atoms with Gasteiger partial charge in [0.2, 0.25) is 0 Å². The number of hydrogen-bond donors (Lipinski definition) is 0. The van der Waals surface area contributed by atoms with Crippen molar-refractivity contribution in [1.82, 2.24) is 0 Å². The lowest BCUT2D eigenvalue weighted by molar-refractivity contribution is -0.119. The summed E-state index contributed by atoms with van der Waals surface area (Å²) in [5.74, 6) is 1.91. The number of ketones is 1. The molecular weight excluding hydrogens is 212 g/mol. The number of fused-ring (bicyclic) bond motifs is 1. The van der Waals surface area contributed by atoms with Crippen molar-refractivity contribution >= 4 is 5.78 Å². The lowest BCUT2D eigenvalue weighted by Crippen LogP contribution is -2.03. The van der Waals surface area contributed by atoms with E-state index in [4.69, 9.17) is 4.74 Å². The van der Waals surface area contributed by atoms with Gasteiger partial charge in [-0.25, -0.2) is 0 Å². The van der Waals surface area contributed by atoms with Crippen LogP contribution < -0.4 is 4.74 Å². The lowest BCUT2D eigenvalue weighted by atomic mass is 9.90. The van der Waals surface area contributed by atoms with E-state index in [9.17, 15) is 4.79 Å². The van der Waals surface area contributed by atoms with Crippen LogP contribution in [0.15, 0.2) is 18.2 Å². The summed E-state index contributed by atoms with van der Waals surface area (Å²) < 4.78 is 5.52. The summed E-state index contributed by atoms with van der Waals surface area (Å²) >= 11 is 0. The van der Waals surface area contributed by atoms with E-state index >= 15 is 0 Å². The van der Waals surface area contributed by atoms with Crippen LogP contribution in [0.4, 0.5) is 0 Å². The topological polar surface area (TPSA) is 26.3 Å². The van der Waals surface area contributed by atoms with Crippen molar-refractivity contribution in [3.8, 4) is 5.75 Å². The van der Waals surface area contributed by atoms with E-state index in [1.165, 1.54) is 17.5 Å². The van der Waals surface area contributed by atoms with Crippen LogP contribution in [0.2, 0.25) is 0 Å². The van der Waals surface area contributed by atoms with Crippen LogP contribution in [0.1, 0.15) is 49.1 Å². The number of carbonyl (C=O) groups is 1. The van der Waals surface area contributed by atoms with Gasteiger partial charge in [0, 0.05) is 19.3 Å². The first-order valence-electron chi connectivity index (χ1n) is 6.60. The van der Waals surface area contributed by atoms with Crippen LogP contribution in [0.3, 0.4) is 0 Å². The van der Waals surface area contributed by atoms with Gasteiger partial charge < -0.3 is 4.74 Å². The molecule has 1 atom stereocenters. The highest BCUT2D eigenvalue weighted by Crippen LogP contribution is 2.34. The SMILES string of the molecule is O=C1CCCCC(c2ccc3c(c2)CCO3)C1. The van der Waals surface area contributed by atoms with Crippen LogP contribution in [0.25, 0.3) is 0 Å². The Hall–Kier alpha value is -1.31. The first-order valence-corrected chi connectivity index (χ1v) is 6.60. The quantitative estimate of drug-likeness (QED) is 0.692. The molecule has 0 aromatic heterocycles. The summed E-state index contributed by atoms with van der Waals surface area (Å²) in [6.07, 6.45) is 5.95. The fraction of sp³-hybridized carbons (Fsp3) is 0.533. The molecule has 1 heterocycles. The van der Waals surface area contributed by atoms with Crippen molar-refractivity contribution in [2.45, 2.75) is 44.4 Å². The van der Waals surface area contributed by atoms with Crippen molar-refractivity contribution in [3.05, 3.63) is 29.3 Å². The normalized spacial score (nSPS) is 24.0. The van der Waals surface area contributed by atoms with Gasteiger partial charge in [-0.3, -0.25) is 4.79 Å². The van der Waals surface area contributed by atoms with Gasteiger partial charge in [-0.15, -0.1) is 0 Å². The number of hydrogen-bond acceptors (Lipinski definition) is 2. The van der Waals surface area contributed by atoms with Gasteiger partial charge in [-0.05, 0) is 36.0 Å². The predicted molar refractivity (Wildman–Crippen MR) is 66.5 cm³/mol. The highest BCUT2D eigenvalue weighted by Gasteiger charge is 2.21. The Morgan fingerprint density at radius 3 is 3.06 bits per heavy atom. The summed E-state index contributed by atoms with van der Waals surface area (Å²) in [6, 6.07) is 6.48. The molecule has 3 rings (SSSR count). The molecule has 1 aliphatic carbocycles. The zero-order valence-electron chi connectivity index (χ0n) is 10.1. The molecule has 0 spiro atoms. The Labute approximate surface area is 102 Å². The summed E-state index contributed by atoms with van der Waals surface area (Å²) in [5.41, 5.74) is 2.66. The molecule has 0 saturated heterocycles. The molecule has 90 valence electrons. The fourth-order valence-corrected chi connectivity index (χ4v) is 2.94. The van der Waals surface area contributed by atoms with Gasteiger partial charge in [0.1, 0.15) is 11.5 Å². The molecule has 1 aromatic carbocycles. The number of ether oxygens (including phenoxy) is 1. The summed E-state index contributed by atoms with van der Waals surface area (Å²) in [4.78, 5) is 11.7. The van der Waals surface area contributed by atoms with E-state index in [1.54, 1.807) is 0 Å². The second kappa shape index (κ2) is 4.52. The molecule has 1 saturated carbocycles. The molecule has 1 fully saturated rings. The second-order valence-corrected chi connectivity index (χ2v) is 5.15. The third-order valence-corrected chi connectivity index (χ3v) is 3.92. The molecule has 1 unspecified atom stereocenters. The molecule has 0 bridgehead atoms. The third kappa shape index (κ3) is 2.21. The number of benzene rings is 1. The van der Waals surface area contributed by atoms with Crippen molar-refractivity contribution in [1.29, 1.82) is 0 Å². The van der Waals surface area contributed by atoms with Gasteiger partial charge in [-0.2, -0.15) is 0 Å². The predicted octanol–water partition coefficient (Wildman–Crippen LogP) is 3.24. The van der Waals surface area contributed by atoms with Crippen molar-refractivity contribution in [3.63, 3.8) is 0 Å². The van der Waals surface area contributed by atoms with Crippen LogP contribution >= 0.6 is 0 Å². The Morgan fingerprint density at radius 1 is 1.18 bits per heavy atom. The number of rotatable bonds is 1. The Morgan fingerprint density at radius 2 is 2.12 bits per heavy atom. The average molecular weight is 230 g/mol. The molecule has 2 nitrogen and oxygen atoms in total. The Balaban J connectivity index is 1.85. The molecule has 0 radical (unpaired) electrons. The number of carbonyl (C=O) groups excluding carboxylic acids is 1. The van der Waals surface area contributed by atoms with Crippen molar-refractivity contribution < 1.29 is 9.53 Å². The lowest BCUT2D eigenvalue weighted by Gasteiger charge is -2.14. The highest BCUT2D eigenvalue weighted by molar-refractivity contribution is 5.79. The molecule has 2 aliphatic rings. The van der Waals surface area contributed by atoms with Gasteiger partial charge >= 0.3 is 0 Å². The largest absolute Gasteiger partial charge is 0.493 e. The Bertz CT molecular complexity index is 437. The third-order valence-electron chi connectivity index (χ3n) is 3.92. The average Bonchev–Trinajstić information content (AvgIpc) is 2.69. The molecule has 0 N–H and O–H groups in total. The molecular formula is C15H18O2. The minimum Gasteiger partial charge on any atom is -0.493 e. The van der Waals surface area contributed by atoms with E-state index in [0.717, 1.165) is 44.5 Å². The molecule has 1 aromatic rings. The maximum absolute atomic E-state index is 11.7. The molecule has 2 heteroatoms. The maximum atomic E-state index is 11.7. The van der Waals surface area contributed by atoms with Crippen LogP contribution in [0.5, 0.6) is 5.75 Å². The summed E-state index contributed by atoms with van der Waals surface area (Å²) in [6.45, 7) is 0.808. The van der Waals surface area contributed by atoms with E-state index in [0.29, 0.717) is 11.7 Å². The number of Topliss-reactive ketones (excluding diaryl/α,β-unsaturated/α-hetero) is 1. The van der Waals surface area contributed by atoms with Gasteiger partial charge in [0.15, 0.2) is 0 Å².